The lowest BCUT2D eigenvalue weighted by molar-refractivity contribution is 0.0941. The first-order valence-electron chi connectivity index (χ1n) is 14.3. The Labute approximate surface area is 225 Å². The number of pyridine rings is 1. The van der Waals surface area contributed by atoms with Crippen molar-refractivity contribution in [1.82, 2.24) is 14.9 Å². The lowest BCUT2D eigenvalue weighted by atomic mass is 9.78. The molecule has 6 rings (SSSR count). The van der Waals surface area contributed by atoms with Gasteiger partial charge in [0.2, 0.25) is 0 Å². The van der Waals surface area contributed by atoms with Crippen molar-refractivity contribution in [3.05, 3.63) is 52.7 Å². The third-order valence-corrected chi connectivity index (χ3v) is 10.3. The summed E-state index contributed by atoms with van der Waals surface area (Å²) in [6.45, 7) is 9.23. The van der Waals surface area contributed by atoms with Crippen molar-refractivity contribution in [3.63, 3.8) is 0 Å². The Hall–Kier alpha value is -2.31. The Morgan fingerprint density at radius 3 is 2.73 bits per heavy atom. The van der Waals surface area contributed by atoms with Gasteiger partial charge in [-0.25, -0.2) is 4.98 Å². The highest BCUT2D eigenvalue weighted by Gasteiger charge is 2.35. The second-order valence-electron chi connectivity index (χ2n) is 12.1. The molecule has 0 spiro atoms. The van der Waals surface area contributed by atoms with Crippen molar-refractivity contribution < 1.29 is 4.79 Å². The fourth-order valence-electron chi connectivity index (χ4n) is 6.82. The molecule has 1 aliphatic carbocycles. The number of hydrogen-bond acceptors (Lipinski definition) is 6. The highest BCUT2D eigenvalue weighted by Crippen LogP contribution is 2.39. The number of Topliss-reactive ketones (excluding diaryl/α,β-unsaturated/α-hetero) is 1. The molecule has 0 unspecified atom stereocenters. The quantitative estimate of drug-likeness (QED) is 0.320. The first-order valence-corrected chi connectivity index (χ1v) is 15.1. The number of nitrogens with zero attached hydrogens (tertiary/aromatic N) is 4. The van der Waals surface area contributed by atoms with Crippen LogP contribution in [-0.2, 0) is 13.0 Å². The van der Waals surface area contributed by atoms with Crippen LogP contribution in [0.3, 0.4) is 0 Å². The van der Waals surface area contributed by atoms with Crippen molar-refractivity contribution in [1.29, 1.82) is 0 Å². The van der Waals surface area contributed by atoms with Gasteiger partial charge in [0.05, 0.1) is 11.2 Å². The van der Waals surface area contributed by atoms with Crippen molar-refractivity contribution >= 4 is 33.2 Å². The van der Waals surface area contributed by atoms with Crippen LogP contribution in [0.5, 0.6) is 0 Å². The van der Waals surface area contributed by atoms with Gasteiger partial charge in [0.1, 0.15) is 0 Å². The summed E-state index contributed by atoms with van der Waals surface area (Å²) in [6.07, 6.45) is 12.3. The number of anilines is 1. The molecule has 0 amide bonds. The maximum absolute atomic E-state index is 13.1. The predicted octanol–water partition coefficient (Wildman–Crippen LogP) is 6.90. The van der Waals surface area contributed by atoms with Gasteiger partial charge in [0.25, 0.3) is 0 Å². The maximum Gasteiger partial charge on any atom is 0.186 e. The molecule has 37 heavy (non-hydrogen) atoms. The highest BCUT2D eigenvalue weighted by molar-refractivity contribution is 7.15. The van der Waals surface area contributed by atoms with E-state index in [-0.39, 0.29) is 11.3 Å². The Morgan fingerprint density at radius 1 is 1.08 bits per heavy atom. The summed E-state index contributed by atoms with van der Waals surface area (Å²) in [4.78, 5) is 29.3. The van der Waals surface area contributed by atoms with E-state index in [0.717, 1.165) is 41.9 Å². The average Bonchev–Trinajstić information content (AvgIpc) is 3.49. The molecule has 1 saturated heterocycles. The molecule has 2 aliphatic heterocycles. The minimum absolute atomic E-state index is 0.246. The van der Waals surface area contributed by atoms with Gasteiger partial charge in [-0.1, -0.05) is 31.0 Å². The smallest absolute Gasteiger partial charge is 0.186 e. The summed E-state index contributed by atoms with van der Waals surface area (Å²) < 4.78 is 0. The zero-order valence-corrected chi connectivity index (χ0v) is 23.2. The van der Waals surface area contributed by atoms with E-state index in [1.807, 2.05) is 41.7 Å². The van der Waals surface area contributed by atoms with Gasteiger partial charge in [-0.15, -0.1) is 11.3 Å². The van der Waals surface area contributed by atoms with Crippen LogP contribution < -0.4 is 4.90 Å². The molecule has 0 N–H and O–H groups in total. The van der Waals surface area contributed by atoms with Gasteiger partial charge in [-0.05, 0) is 82.9 Å². The molecule has 3 aromatic rings. The molecule has 1 aromatic carbocycles. The maximum atomic E-state index is 13.1. The third kappa shape index (κ3) is 5.33. The first kappa shape index (κ1) is 25.0. The van der Waals surface area contributed by atoms with E-state index in [0.29, 0.717) is 12.3 Å². The molecule has 0 atom stereocenters. The highest BCUT2D eigenvalue weighted by atomic mass is 32.1. The summed E-state index contributed by atoms with van der Waals surface area (Å²) in [5.41, 5.74) is 3.33. The number of carbonyl (C=O) groups is 1. The number of fused-ring (bicyclic) bond motifs is 2. The molecule has 2 fully saturated rings. The molecular formula is C31H40N4OS. The van der Waals surface area contributed by atoms with Crippen LogP contribution in [0, 0.1) is 11.8 Å². The van der Waals surface area contributed by atoms with Crippen LogP contribution in [0.25, 0.3) is 10.9 Å². The zero-order chi connectivity index (χ0) is 25.4. The number of aromatic nitrogens is 2. The van der Waals surface area contributed by atoms with Gasteiger partial charge < -0.3 is 4.90 Å². The number of ketones is 1. The fourth-order valence-corrected chi connectivity index (χ4v) is 8.06. The topological polar surface area (TPSA) is 49.3 Å². The molecule has 1 saturated carbocycles. The van der Waals surface area contributed by atoms with Gasteiger partial charge in [0.15, 0.2) is 10.9 Å². The normalized spacial score (nSPS) is 23.9. The first-order chi connectivity index (χ1) is 18.0. The molecule has 6 heteroatoms. The Morgan fingerprint density at radius 2 is 1.92 bits per heavy atom. The van der Waals surface area contributed by atoms with E-state index in [4.69, 9.17) is 4.98 Å². The molecule has 2 aromatic heterocycles. The molecule has 0 radical (unpaired) electrons. The van der Waals surface area contributed by atoms with Gasteiger partial charge in [-0.3, -0.25) is 14.7 Å². The van der Waals surface area contributed by atoms with Crippen LogP contribution in [0.15, 0.2) is 36.5 Å². The van der Waals surface area contributed by atoms with Gasteiger partial charge in [0, 0.05) is 53.6 Å². The summed E-state index contributed by atoms with van der Waals surface area (Å²) >= 11 is 1.94. The van der Waals surface area contributed by atoms with Crippen molar-refractivity contribution in [3.8, 4) is 0 Å². The van der Waals surface area contributed by atoms with Crippen molar-refractivity contribution in [2.75, 3.05) is 24.5 Å². The number of thiazole rings is 1. The Kier molecular flexibility index (Phi) is 7.06. The average molecular weight is 517 g/mol. The van der Waals surface area contributed by atoms with E-state index < -0.39 is 0 Å². The fraction of sp³-hybridized carbons (Fsp3) is 0.581. The van der Waals surface area contributed by atoms with Crippen LogP contribution in [-0.4, -0.2) is 45.8 Å². The van der Waals surface area contributed by atoms with E-state index in [1.54, 1.807) is 6.20 Å². The SMILES string of the molecule is CC1(C)CCCN1c1nc2c(s1)CCN(CCC1CCC(CC(=O)c3cccc4ncccc34)CC1)C2. The monoisotopic (exact) mass is 516 g/mol. The predicted molar refractivity (Wildman–Crippen MR) is 153 cm³/mol. The zero-order valence-electron chi connectivity index (χ0n) is 22.4. The largest absolute Gasteiger partial charge is 0.343 e. The third-order valence-electron chi connectivity index (χ3n) is 9.17. The lowest BCUT2D eigenvalue weighted by Crippen LogP contribution is -2.38. The summed E-state index contributed by atoms with van der Waals surface area (Å²) in [6, 6.07) is 9.87. The Balaban J connectivity index is 0.974. The molecule has 196 valence electrons. The molecule has 0 bridgehead atoms. The summed E-state index contributed by atoms with van der Waals surface area (Å²) in [5, 5.41) is 2.24. The summed E-state index contributed by atoms with van der Waals surface area (Å²) in [5.74, 6) is 1.61. The molecule has 4 heterocycles. The number of benzene rings is 1. The minimum atomic E-state index is 0.246. The van der Waals surface area contributed by atoms with Crippen LogP contribution in [0.4, 0.5) is 5.13 Å². The Bertz CT molecular complexity index is 1250. The standard InChI is InChI=1S/C31H40N4OS/c1-31(2)15-5-17-35(31)30-33-27-21-34(19-14-29(27)37-30)18-13-22-9-11-23(12-10-22)20-28(36)25-6-3-8-26-24(25)7-4-16-32-26/h3-4,6-8,16,22-23H,5,9-15,17-21H2,1-2H3. The van der Waals surface area contributed by atoms with Crippen molar-refractivity contribution in [2.45, 2.75) is 83.7 Å². The minimum Gasteiger partial charge on any atom is -0.343 e. The van der Waals surface area contributed by atoms with Crippen molar-refractivity contribution in [2.24, 2.45) is 11.8 Å². The second kappa shape index (κ2) is 10.5. The molecular weight excluding hydrogens is 476 g/mol. The van der Waals surface area contributed by atoms with E-state index in [2.05, 4.69) is 28.6 Å². The van der Waals surface area contributed by atoms with Crippen LogP contribution in [0.2, 0.25) is 0 Å². The number of carbonyl (C=O) groups excluding carboxylic acids is 1. The van der Waals surface area contributed by atoms with Crippen LogP contribution >= 0.6 is 11.3 Å². The molecule has 5 nitrogen and oxygen atoms in total. The molecule has 3 aliphatic rings. The van der Waals surface area contributed by atoms with E-state index in [1.165, 1.54) is 73.7 Å². The van der Waals surface area contributed by atoms with E-state index >= 15 is 0 Å². The van der Waals surface area contributed by atoms with Gasteiger partial charge >= 0.3 is 0 Å². The second-order valence-corrected chi connectivity index (χ2v) is 13.2. The number of rotatable bonds is 7. The van der Waals surface area contributed by atoms with Crippen LogP contribution in [0.1, 0.15) is 86.1 Å². The van der Waals surface area contributed by atoms with E-state index in [9.17, 15) is 4.79 Å². The van der Waals surface area contributed by atoms with Gasteiger partial charge in [-0.2, -0.15) is 0 Å². The number of hydrogen-bond donors (Lipinski definition) is 0. The lowest BCUT2D eigenvalue weighted by Gasteiger charge is -2.31. The summed E-state index contributed by atoms with van der Waals surface area (Å²) in [7, 11) is 0.